The van der Waals surface area contributed by atoms with Crippen LogP contribution in [0, 0.1) is 0 Å². The van der Waals surface area contributed by atoms with Crippen LogP contribution < -0.4 is 4.18 Å². The van der Waals surface area contributed by atoms with Gasteiger partial charge in [0.2, 0.25) is 0 Å². The molecule has 0 spiro atoms. The SMILES string of the molecule is O=S(=O)(Oc1ccccc1)C(I)c1ccccc1. The smallest absolute Gasteiger partial charge is 0.325 e. The Kier molecular flexibility index (Phi) is 4.23. The summed E-state index contributed by atoms with van der Waals surface area (Å²) in [5.41, 5.74) is 0.703. The molecule has 1 atom stereocenters. The zero-order valence-electron chi connectivity index (χ0n) is 9.36. The maximum Gasteiger partial charge on any atom is 0.325 e. The molecule has 0 amide bonds. The quantitative estimate of drug-likeness (QED) is 0.467. The van der Waals surface area contributed by atoms with Crippen molar-refractivity contribution in [3.05, 3.63) is 66.2 Å². The van der Waals surface area contributed by atoms with Crippen molar-refractivity contribution in [3.63, 3.8) is 0 Å². The average molecular weight is 374 g/mol. The zero-order valence-corrected chi connectivity index (χ0v) is 12.3. The molecule has 0 N–H and O–H groups in total. The highest BCUT2D eigenvalue weighted by atomic mass is 127. The molecule has 0 fully saturated rings. The van der Waals surface area contributed by atoms with E-state index in [2.05, 4.69) is 0 Å². The third kappa shape index (κ3) is 3.23. The number of para-hydroxylation sites is 1. The van der Waals surface area contributed by atoms with E-state index in [4.69, 9.17) is 4.18 Å². The van der Waals surface area contributed by atoms with Crippen molar-refractivity contribution in [2.45, 2.75) is 3.26 Å². The number of hydrogen-bond donors (Lipinski definition) is 0. The predicted molar refractivity (Wildman–Crippen MR) is 79.2 cm³/mol. The molecule has 2 aromatic carbocycles. The highest BCUT2D eigenvalue weighted by Crippen LogP contribution is 2.31. The molecule has 0 saturated carbocycles. The van der Waals surface area contributed by atoms with Crippen LogP contribution in [0.3, 0.4) is 0 Å². The van der Waals surface area contributed by atoms with E-state index in [9.17, 15) is 8.42 Å². The van der Waals surface area contributed by atoms with Crippen LogP contribution in [0.5, 0.6) is 5.75 Å². The zero-order chi connectivity index (χ0) is 13.0. The second kappa shape index (κ2) is 5.71. The summed E-state index contributed by atoms with van der Waals surface area (Å²) in [6.45, 7) is 0. The molecule has 0 heterocycles. The van der Waals surface area contributed by atoms with Crippen LogP contribution in [0.15, 0.2) is 60.7 Å². The van der Waals surface area contributed by atoms with Crippen LogP contribution in [-0.4, -0.2) is 8.42 Å². The minimum absolute atomic E-state index is 0.329. The Morgan fingerprint density at radius 3 is 1.94 bits per heavy atom. The molecule has 2 rings (SSSR count). The number of halogens is 1. The van der Waals surface area contributed by atoms with Gasteiger partial charge in [-0.2, -0.15) is 8.42 Å². The molecule has 0 radical (unpaired) electrons. The van der Waals surface area contributed by atoms with Crippen LogP contribution in [0.2, 0.25) is 0 Å². The van der Waals surface area contributed by atoms with Crippen molar-refractivity contribution in [2.24, 2.45) is 0 Å². The van der Waals surface area contributed by atoms with Gasteiger partial charge in [-0.25, -0.2) is 0 Å². The summed E-state index contributed by atoms with van der Waals surface area (Å²) < 4.78 is 28.5. The van der Waals surface area contributed by atoms with Gasteiger partial charge in [0.1, 0.15) is 5.75 Å². The van der Waals surface area contributed by atoms with Crippen LogP contribution in [-0.2, 0) is 10.1 Å². The van der Waals surface area contributed by atoms with E-state index >= 15 is 0 Å². The molecule has 3 nitrogen and oxygen atoms in total. The van der Waals surface area contributed by atoms with Gasteiger partial charge in [-0.3, -0.25) is 0 Å². The fourth-order valence-corrected chi connectivity index (χ4v) is 3.10. The van der Waals surface area contributed by atoms with Crippen LogP contribution >= 0.6 is 22.6 Å². The lowest BCUT2D eigenvalue weighted by atomic mass is 10.2. The van der Waals surface area contributed by atoms with Gasteiger partial charge in [0, 0.05) is 0 Å². The Morgan fingerprint density at radius 2 is 1.39 bits per heavy atom. The molecule has 94 valence electrons. The second-order valence-corrected chi connectivity index (χ2v) is 7.33. The van der Waals surface area contributed by atoms with Gasteiger partial charge in [0.05, 0.1) is 0 Å². The maximum atomic E-state index is 12.1. The van der Waals surface area contributed by atoms with Gasteiger partial charge in [-0.1, -0.05) is 71.1 Å². The molecular formula is C13H11IO3S. The van der Waals surface area contributed by atoms with Gasteiger partial charge >= 0.3 is 10.1 Å². The van der Waals surface area contributed by atoms with E-state index in [1.807, 2.05) is 28.7 Å². The minimum atomic E-state index is -3.68. The van der Waals surface area contributed by atoms with Gasteiger partial charge in [0.25, 0.3) is 0 Å². The first-order valence-corrected chi connectivity index (χ1v) is 7.99. The van der Waals surface area contributed by atoms with Crippen molar-refractivity contribution in [3.8, 4) is 5.75 Å². The van der Waals surface area contributed by atoms with Crippen molar-refractivity contribution >= 4 is 32.7 Å². The molecule has 0 aromatic heterocycles. The highest BCUT2D eigenvalue weighted by Gasteiger charge is 2.26. The molecule has 0 aliphatic rings. The summed E-state index contributed by atoms with van der Waals surface area (Å²) in [5, 5.41) is 0. The summed E-state index contributed by atoms with van der Waals surface area (Å²) in [7, 11) is -3.68. The molecule has 18 heavy (non-hydrogen) atoms. The predicted octanol–water partition coefficient (Wildman–Crippen LogP) is 3.53. The molecule has 2 aromatic rings. The van der Waals surface area contributed by atoms with Crippen molar-refractivity contribution in [1.29, 1.82) is 0 Å². The van der Waals surface area contributed by atoms with Crippen molar-refractivity contribution in [1.82, 2.24) is 0 Å². The minimum Gasteiger partial charge on any atom is -0.381 e. The van der Waals surface area contributed by atoms with Crippen LogP contribution in [0.4, 0.5) is 0 Å². The normalized spacial score (nSPS) is 12.9. The topological polar surface area (TPSA) is 43.4 Å². The van der Waals surface area contributed by atoms with E-state index in [0.29, 0.717) is 11.3 Å². The Labute approximate surface area is 120 Å². The summed E-state index contributed by atoms with van der Waals surface area (Å²) in [6.07, 6.45) is 0. The largest absolute Gasteiger partial charge is 0.381 e. The summed E-state index contributed by atoms with van der Waals surface area (Å²) >= 11 is 1.86. The molecular weight excluding hydrogens is 363 g/mol. The number of alkyl halides is 1. The first-order valence-electron chi connectivity index (χ1n) is 5.27. The first-order chi connectivity index (χ1) is 8.59. The van der Waals surface area contributed by atoms with Gasteiger partial charge in [-0.15, -0.1) is 0 Å². The molecule has 0 bridgehead atoms. The Bertz CT molecular complexity index is 597. The standard InChI is InChI=1S/C13H11IO3S/c14-13(11-7-3-1-4-8-11)18(15,16)17-12-9-5-2-6-10-12/h1-10,13H. The molecule has 0 saturated heterocycles. The van der Waals surface area contributed by atoms with E-state index < -0.39 is 13.4 Å². The Morgan fingerprint density at radius 1 is 0.889 bits per heavy atom. The number of rotatable bonds is 4. The van der Waals surface area contributed by atoms with Gasteiger partial charge in [-0.05, 0) is 17.7 Å². The number of hydrogen-bond acceptors (Lipinski definition) is 3. The fraction of sp³-hybridized carbons (Fsp3) is 0.0769. The highest BCUT2D eigenvalue weighted by molar-refractivity contribution is 14.1. The monoisotopic (exact) mass is 374 g/mol. The first kappa shape index (κ1) is 13.4. The Balaban J connectivity index is 2.22. The lowest BCUT2D eigenvalue weighted by molar-refractivity contribution is 0.485. The van der Waals surface area contributed by atoms with Crippen LogP contribution in [0.1, 0.15) is 8.82 Å². The van der Waals surface area contributed by atoms with Crippen LogP contribution in [0.25, 0.3) is 0 Å². The number of benzene rings is 2. The van der Waals surface area contributed by atoms with E-state index in [0.717, 1.165) is 0 Å². The van der Waals surface area contributed by atoms with E-state index in [-0.39, 0.29) is 0 Å². The third-order valence-corrected chi connectivity index (χ3v) is 6.06. The summed E-state index contributed by atoms with van der Waals surface area (Å²) in [5.74, 6) is 0.329. The van der Waals surface area contributed by atoms with Gasteiger partial charge in [0.15, 0.2) is 3.26 Å². The summed E-state index contributed by atoms with van der Waals surface area (Å²) in [6, 6.07) is 17.5. The maximum absolute atomic E-state index is 12.1. The van der Waals surface area contributed by atoms with E-state index in [1.165, 1.54) is 0 Å². The third-order valence-electron chi connectivity index (χ3n) is 2.27. The Hall–Kier alpha value is -1.08. The molecule has 5 heteroatoms. The average Bonchev–Trinajstić information content (AvgIpc) is 2.39. The molecule has 0 aliphatic heterocycles. The van der Waals surface area contributed by atoms with Crippen molar-refractivity contribution < 1.29 is 12.6 Å². The summed E-state index contributed by atoms with van der Waals surface area (Å²) in [4.78, 5) is 0. The van der Waals surface area contributed by atoms with Crippen molar-refractivity contribution in [2.75, 3.05) is 0 Å². The molecule has 1 unspecified atom stereocenters. The fourth-order valence-electron chi connectivity index (χ4n) is 1.42. The second-order valence-electron chi connectivity index (χ2n) is 3.62. The van der Waals surface area contributed by atoms with Gasteiger partial charge < -0.3 is 4.18 Å². The lowest BCUT2D eigenvalue weighted by Gasteiger charge is -2.12. The lowest BCUT2D eigenvalue weighted by Crippen LogP contribution is -2.14. The molecule has 0 aliphatic carbocycles. The van der Waals surface area contributed by atoms with E-state index in [1.54, 1.807) is 54.6 Å².